The fraction of sp³-hybridized carbons (Fsp3) is 0.273. The molecule has 0 saturated carbocycles. The SMILES string of the molecule is O=C(O)CCCC(=O)Nc1cccc2n[se]nc12. The molecule has 94 valence electrons. The molecule has 1 heterocycles. The molecule has 2 N–H and O–H groups in total. The van der Waals surface area contributed by atoms with Gasteiger partial charge in [-0.05, 0) is 0 Å². The van der Waals surface area contributed by atoms with Crippen molar-refractivity contribution in [3.63, 3.8) is 0 Å². The number of carbonyl (C=O) groups excluding carboxylic acids is 1. The molecule has 0 fully saturated rings. The van der Waals surface area contributed by atoms with Crippen LogP contribution in [0.2, 0.25) is 0 Å². The number of benzene rings is 1. The van der Waals surface area contributed by atoms with Crippen LogP contribution < -0.4 is 5.32 Å². The van der Waals surface area contributed by atoms with Crippen molar-refractivity contribution in [3.05, 3.63) is 18.2 Å². The van der Waals surface area contributed by atoms with Crippen LogP contribution in [0.3, 0.4) is 0 Å². The first kappa shape index (κ1) is 12.7. The van der Waals surface area contributed by atoms with Crippen LogP contribution in [0.25, 0.3) is 11.0 Å². The van der Waals surface area contributed by atoms with Crippen molar-refractivity contribution >= 4 is 43.6 Å². The van der Waals surface area contributed by atoms with Crippen molar-refractivity contribution in [2.75, 3.05) is 5.32 Å². The second-order valence-electron chi connectivity index (χ2n) is 3.73. The third-order valence-electron chi connectivity index (χ3n) is 2.35. The van der Waals surface area contributed by atoms with E-state index >= 15 is 0 Å². The molecule has 0 aliphatic rings. The molecule has 1 aromatic carbocycles. The van der Waals surface area contributed by atoms with Gasteiger partial charge in [-0.1, -0.05) is 0 Å². The molecule has 7 heteroatoms. The molecule has 0 aliphatic heterocycles. The third-order valence-corrected chi connectivity index (χ3v) is 3.49. The molecule has 0 radical (unpaired) electrons. The first-order valence-electron chi connectivity index (χ1n) is 5.40. The van der Waals surface area contributed by atoms with Crippen molar-refractivity contribution in [1.82, 2.24) is 7.96 Å². The van der Waals surface area contributed by atoms with Crippen molar-refractivity contribution < 1.29 is 14.7 Å². The Morgan fingerprint density at radius 1 is 1.28 bits per heavy atom. The monoisotopic (exact) mass is 313 g/mol. The van der Waals surface area contributed by atoms with Gasteiger partial charge in [-0.25, -0.2) is 0 Å². The number of nitrogens with zero attached hydrogens (tertiary/aromatic N) is 2. The fourth-order valence-corrected chi connectivity index (χ4v) is 2.67. The number of hydrogen-bond acceptors (Lipinski definition) is 4. The quantitative estimate of drug-likeness (QED) is 0.800. The number of fused-ring (bicyclic) bond motifs is 1. The predicted molar refractivity (Wildman–Crippen MR) is 66.6 cm³/mol. The Morgan fingerprint density at radius 3 is 2.89 bits per heavy atom. The third kappa shape index (κ3) is 3.15. The van der Waals surface area contributed by atoms with Gasteiger partial charge in [0.05, 0.1) is 0 Å². The summed E-state index contributed by atoms with van der Waals surface area (Å²) in [5.74, 6) is -1.08. The predicted octanol–water partition coefficient (Wildman–Crippen LogP) is 0.880. The van der Waals surface area contributed by atoms with Gasteiger partial charge in [0.1, 0.15) is 0 Å². The first-order chi connectivity index (χ1) is 8.66. The summed E-state index contributed by atoms with van der Waals surface area (Å²) in [5.41, 5.74) is 2.18. The minimum atomic E-state index is -0.889. The van der Waals surface area contributed by atoms with E-state index in [1.165, 1.54) is 0 Å². The Balaban J connectivity index is 1.98. The zero-order valence-electron chi connectivity index (χ0n) is 9.42. The molecule has 2 rings (SSSR count). The first-order valence-corrected chi connectivity index (χ1v) is 6.93. The van der Waals surface area contributed by atoms with Gasteiger partial charge in [-0.15, -0.1) is 0 Å². The van der Waals surface area contributed by atoms with E-state index in [0.29, 0.717) is 12.1 Å². The number of aliphatic carboxylic acids is 1. The zero-order valence-corrected chi connectivity index (χ0v) is 11.1. The van der Waals surface area contributed by atoms with Gasteiger partial charge in [0, 0.05) is 0 Å². The van der Waals surface area contributed by atoms with Crippen LogP contribution in [0.5, 0.6) is 0 Å². The Hall–Kier alpha value is -1.72. The fourth-order valence-electron chi connectivity index (χ4n) is 1.52. The topological polar surface area (TPSA) is 92.2 Å². The summed E-state index contributed by atoms with van der Waals surface area (Å²) in [6, 6.07) is 5.44. The van der Waals surface area contributed by atoms with Crippen LogP contribution in [0.1, 0.15) is 19.3 Å². The second-order valence-corrected chi connectivity index (χ2v) is 4.84. The average Bonchev–Trinajstić information content (AvgIpc) is 2.77. The summed E-state index contributed by atoms with van der Waals surface area (Å²) < 4.78 is 8.47. The minimum absolute atomic E-state index is 0.00311. The summed E-state index contributed by atoms with van der Waals surface area (Å²) in [6.45, 7) is 0. The molecular weight excluding hydrogens is 301 g/mol. The van der Waals surface area contributed by atoms with E-state index in [4.69, 9.17) is 5.11 Å². The molecule has 6 nitrogen and oxygen atoms in total. The molecule has 0 saturated heterocycles. The molecule has 0 atom stereocenters. The summed E-state index contributed by atoms with van der Waals surface area (Å²) in [6.07, 6.45) is 0.531. The Bertz CT molecular complexity index is 582. The number of amides is 1. The van der Waals surface area contributed by atoms with Crippen molar-refractivity contribution in [2.24, 2.45) is 0 Å². The van der Waals surface area contributed by atoms with Gasteiger partial charge in [-0.3, -0.25) is 0 Å². The zero-order chi connectivity index (χ0) is 13.0. The molecule has 1 amide bonds. The van der Waals surface area contributed by atoms with E-state index in [-0.39, 0.29) is 33.7 Å². The Kier molecular flexibility index (Phi) is 4.07. The Labute approximate surface area is 109 Å². The van der Waals surface area contributed by atoms with Gasteiger partial charge >= 0.3 is 109 Å². The molecule has 0 spiro atoms. The van der Waals surface area contributed by atoms with Crippen LogP contribution in [-0.2, 0) is 9.59 Å². The summed E-state index contributed by atoms with van der Waals surface area (Å²) in [4.78, 5) is 22.0. The van der Waals surface area contributed by atoms with Gasteiger partial charge in [0.25, 0.3) is 0 Å². The van der Waals surface area contributed by atoms with Crippen LogP contribution in [-0.4, -0.2) is 39.9 Å². The number of anilines is 1. The standard InChI is InChI=1S/C11H11N3O3Se/c15-9(5-2-6-10(16)17)12-7-3-1-4-8-11(7)14-18-13-8/h1,3-4H,2,5-6H2,(H,12,15)(H,16,17). The molecule has 2 aromatic rings. The molecule has 1 aromatic heterocycles. The normalized spacial score (nSPS) is 10.4. The number of nitrogens with one attached hydrogen (secondary N) is 1. The van der Waals surface area contributed by atoms with E-state index in [0.717, 1.165) is 11.0 Å². The van der Waals surface area contributed by atoms with Crippen LogP contribution in [0.15, 0.2) is 18.2 Å². The van der Waals surface area contributed by atoms with Crippen molar-refractivity contribution in [2.45, 2.75) is 19.3 Å². The van der Waals surface area contributed by atoms with Crippen LogP contribution in [0.4, 0.5) is 5.69 Å². The van der Waals surface area contributed by atoms with Gasteiger partial charge < -0.3 is 0 Å². The Morgan fingerprint density at radius 2 is 2.11 bits per heavy atom. The number of carbonyl (C=O) groups is 2. The molecular formula is C11H11N3O3Se. The van der Waals surface area contributed by atoms with Crippen LogP contribution >= 0.6 is 0 Å². The second kappa shape index (κ2) is 5.75. The number of aromatic nitrogens is 2. The van der Waals surface area contributed by atoms with E-state index in [1.54, 1.807) is 6.07 Å². The van der Waals surface area contributed by atoms with Gasteiger partial charge in [0.2, 0.25) is 0 Å². The molecule has 0 unspecified atom stereocenters. The van der Waals surface area contributed by atoms with Crippen molar-refractivity contribution in [3.8, 4) is 0 Å². The van der Waals surface area contributed by atoms with Crippen LogP contribution in [0, 0.1) is 0 Å². The van der Waals surface area contributed by atoms with E-state index in [1.807, 2.05) is 12.1 Å². The van der Waals surface area contributed by atoms with E-state index in [2.05, 4.69) is 13.3 Å². The number of carboxylic acids is 1. The molecule has 0 bridgehead atoms. The summed E-state index contributed by atoms with van der Waals surface area (Å²) >= 11 is -0.132. The summed E-state index contributed by atoms with van der Waals surface area (Å²) in [7, 11) is 0. The maximum atomic E-state index is 11.6. The maximum absolute atomic E-state index is 11.6. The average molecular weight is 312 g/mol. The number of rotatable bonds is 5. The molecule has 0 aliphatic carbocycles. The number of hydrogen-bond donors (Lipinski definition) is 2. The molecule has 18 heavy (non-hydrogen) atoms. The summed E-state index contributed by atoms with van der Waals surface area (Å²) in [5, 5.41) is 11.2. The van der Waals surface area contributed by atoms with E-state index in [9.17, 15) is 9.59 Å². The van der Waals surface area contributed by atoms with Crippen molar-refractivity contribution in [1.29, 1.82) is 0 Å². The number of carboxylic acid groups (broad SMARTS) is 1. The van der Waals surface area contributed by atoms with Gasteiger partial charge in [0.15, 0.2) is 0 Å². The van der Waals surface area contributed by atoms with E-state index < -0.39 is 5.97 Å². The van der Waals surface area contributed by atoms with Gasteiger partial charge in [-0.2, -0.15) is 0 Å².